The third kappa shape index (κ3) is 8010. The molecule has 0 fully saturated rings. The third-order valence-electron chi connectivity index (χ3n) is 0. The van der Waals surface area contributed by atoms with E-state index in [1.54, 1.807) is 0 Å². The van der Waals surface area contributed by atoms with Crippen molar-refractivity contribution >= 4 is 7.82 Å². The van der Waals surface area contributed by atoms with Gasteiger partial charge in [0.05, 0.1) is 0 Å². The van der Waals surface area contributed by atoms with Crippen LogP contribution in [0, 0.1) is 0 Å². The molecular formula is H3MoO7P. The monoisotopic (exact) mass is 244 g/mol. The van der Waals surface area contributed by atoms with E-state index in [9.17, 15) is 0 Å². The van der Waals surface area contributed by atoms with Gasteiger partial charge in [-0.25, -0.2) is 4.57 Å². The molecule has 0 aliphatic rings. The molecule has 0 aromatic rings. The number of rotatable bonds is 0. The molecule has 0 heterocycles. The molecule has 3 N–H and O–H groups in total. The SMILES string of the molecule is O=P(O)(O)O.[O]=[Mo](=[O])=[O]. The second-order valence-corrected chi connectivity index (χ2v) is 2.75. The molecule has 9 heavy (non-hydrogen) atoms. The Hall–Kier alpha value is 0.198. The van der Waals surface area contributed by atoms with Crippen molar-refractivity contribution in [2.24, 2.45) is 0 Å². The average Bonchev–Trinajstić information content (AvgIpc) is 1.19. The van der Waals surface area contributed by atoms with Crippen LogP contribution < -0.4 is 0 Å². The summed E-state index contributed by atoms with van der Waals surface area (Å²) in [6.45, 7) is 0. The normalized spacial score (nSPS) is 9.22. The molecule has 0 atom stereocenters. The summed E-state index contributed by atoms with van der Waals surface area (Å²) in [5.41, 5.74) is 0. The van der Waals surface area contributed by atoms with Crippen LogP contribution in [0.5, 0.6) is 0 Å². The molecule has 0 aromatic heterocycles. The van der Waals surface area contributed by atoms with Gasteiger partial charge in [-0.05, 0) is 0 Å². The summed E-state index contributed by atoms with van der Waals surface area (Å²) < 4.78 is 34.6. The van der Waals surface area contributed by atoms with E-state index in [2.05, 4.69) is 0 Å². The molecular weight excluding hydrogens is 239 g/mol. The van der Waals surface area contributed by atoms with Gasteiger partial charge in [0.1, 0.15) is 0 Å². The van der Waals surface area contributed by atoms with Gasteiger partial charge in [0.2, 0.25) is 0 Å². The third-order valence-corrected chi connectivity index (χ3v) is 0. The van der Waals surface area contributed by atoms with E-state index in [1.807, 2.05) is 0 Å². The van der Waals surface area contributed by atoms with Crippen molar-refractivity contribution in [2.75, 3.05) is 0 Å². The zero-order valence-electron chi connectivity index (χ0n) is 3.83. The van der Waals surface area contributed by atoms with Crippen molar-refractivity contribution in [3.05, 3.63) is 0 Å². The van der Waals surface area contributed by atoms with Crippen LogP contribution in [0.15, 0.2) is 0 Å². The Morgan fingerprint density at radius 3 is 1.00 bits per heavy atom. The van der Waals surface area contributed by atoms with Crippen LogP contribution >= 0.6 is 7.82 Å². The second kappa shape index (κ2) is 5.02. The fraction of sp³-hybridized carbons (Fsp3) is 0. The molecule has 0 amide bonds. The Labute approximate surface area is 55.0 Å². The quantitative estimate of drug-likeness (QED) is 0.356. The molecule has 0 aliphatic carbocycles. The maximum atomic E-state index is 8.88. The predicted octanol–water partition coefficient (Wildman–Crippen LogP) is -1.29. The van der Waals surface area contributed by atoms with Crippen molar-refractivity contribution in [1.29, 1.82) is 0 Å². The first-order valence-corrected chi connectivity index (χ1v) is 5.31. The zero-order valence-corrected chi connectivity index (χ0v) is 6.73. The number of hydrogen-bond acceptors (Lipinski definition) is 4. The van der Waals surface area contributed by atoms with Crippen molar-refractivity contribution < 1.29 is 46.6 Å². The molecule has 0 aromatic carbocycles. The van der Waals surface area contributed by atoms with E-state index in [4.69, 9.17) is 29.4 Å². The summed E-state index contributed by atoms with van der Waals surface area (Å²) in [6, 6.07) is 0. The van der Waals surface area contributed by atoms with Gasteiger partial charge >= 0.3 is 35.2 Å². The summed E-state index contributed by atoms with van der Waals surface area (Å²) in [5.74, 6) is 0. The van der Waals surface area contributed by atoms with Crippen molar-refractivity contribution in [3.63, 3.8) is 0 Å². The van der Waals surface area contributed by atoms with Gasteiger partial charge in [-0.1, -0.05) is 0 Å². The van der Waals surface area contributed by atoms with Gasteiger partial charge in [0.25, 0.3) is 0 Å². The predicted molar refractivity (Wildman–Crippen MR) is 16.3 cm³/mol. The van der Waals surface area contributed by atoms with Crippen LogP contribution in [0.2, 0.25) is 0 Å². The van der Waals surface area contributed by atoms with Gasteiger partial charge in [0.15, 0.2) is 0 Å². The molecule has 0 bridgehead atoms. The number of hydrogen-bond donors (Lipinski definition) is 3. The van der Waals surface area contributed by atoms with Crippen molar-refractivity contribution in [2.45, 2.75) is 0 Å². The Balaban J connectivity index is 0. The van der Waals surface area contributed by atoms with Crippen LogP contribution in [-0.2, 0) is 32.0 Å². The molecule has 0 radical (unpaired) electrons. The fourth-order valence-corrected chi connectivity index (χ4v) is 0. The van der Waals surface area contributed by atoms with Gasteiger partial charge < -0.3 is 14.7 Å². The summed E-state index contributed by atoms with van der Waals surface area (Å²) in [5, 5.41) is 0. The van der Waals surface area contributed by atoms with Gasteiger partial charge in [0, 0.05) is 0 Å². The van der Waals surface area contributed by atoms with Gasteiger partial charge in [-0.2, -0.15) is 0 Å². The standard InChI is InChI=1S/Mo.H3O4P.3O/c;1-5(2,3)4;;;/h;(H3,1,2,3,4);;;. The minimum absolute atomic E-state index is 4.11. The average molecular weight is 242 g/mol. The van der Waals surface area contributed by atoms with E-state index in [0.29, 0.717) is 0 Å². The van der Waals surface area contributed by atoms with Crippen LogP contribution in [0.25, 0.3) is 0 Å². The first-order valence-electron chi connectivity index (χ1n) is 1.28. The Bertz CT molecular complexity index is 173. The van der Waals surface area contributed by atoms with Gasteiger partial charge in [-0.15, -0.1) is 0 Å². The van der Waals surface area contributed by atoms with Crippen LogP contribution in [-0.4, -0.2) is 14.7 Å². The second-order valence-electron chi connectivity index (χ2n) is 0.717. The van der Waals surface area contributed by atoms with Gasteiger partial charge in [-0.3, -0.25) is 0 Å². The first-order chi connectivity index (χ1) is 3.73. The summed E-state index contributed by atoms with van der Waals surface area (Å²) in [6.07, 6.45) is 0. The Morgan fingerprint density at radius 2 is 1.00 bits per heavy atom. The van der Waals surface area contributed by atoms with E-state index in [-0.39, 0.29) is 0 Å². The molecule has 7 nitrogen and oxygen atoms in total. The Morgan fingerprint density at radius 1 is 1.00 bits per heavy atom. The summed E-state index contributed by atoms with van der Waals surface area (Å²) in [4.78, 5) is 21.6. The van der Waals surface area contributed by atoms with Crippen molar-refractivity contribution in [3.8, 4) is 0 Å². The topological polar surface area (TPSA) is 129 Å². The molecule has 0 saturated heterocycles. The maximum absolute atomic E-state index is 8.88. The van der Waals surface area contributed by atoms with Crippen LogP contribution in [0.1, 0.15) is 0 Å². The summed E-state index contributed by atoms with van der Waals surface area (Å²) in [7, 11) is -4.64. The summed E-state index contributed by atoms with van der Waals surface area (Å²) >= 11 is -4.11. The molecule has 0 saturated carbocycles. The molecule has 0 spiro atoms. The Kier molecular flexibility index (Phi) is 6.66. The fourth-order valence-electron chi connectivity index (χ4n) is 0. The minimum atomic E-state index is -4.64. The molecule has 0 rings (SSSR count). The number of phosphoric acid groups is 1. The first kappa shape index (κ1) is 11.9. The van der Waals surface area contributed by atoms with E-state index >= 15 is 0 Å². The zero-order chi connectivity index (χ0) is 8.08. The molecule has 56 valence electrons. The van der Waals surface area contributed by atoms with Crippen LogP contribution in [0.4, 0.5) is 0 Å². The molecule has 9 heteroatoms. The van der Waals surface area contributed by atoms with E-state index in [0.717, 1.165) is 0 Å². The van der Waals surface area contributed by atoms with E-state index in [1.165, 1.54) is 0 Å². The van der Waals surface area contributed by atoms with Crippen molar-refractivity contribution in [1.82, 2.24) is 0 Å². The molecule has 0 unspecified atom stereocenters. The molecule has 0 aliphatic heterocycles. The van der Waals surface area contributed by atoms with E-state index < -0.39 is 25.0 Å². The van der Waals surface area contributed by atoms with Crippen LogP contribution in [0.3, 0.4) is 0 Å².